The molecule has 2 aliphatic rings. The van der Waals surface area contributed by atoms with Gasteiger partial charge < -0.3 is 35.7 Å². The first-order valence-corrected chi connectivity index (χ1v) is 19.6. The van der Waals surface area contributed by atoms with Crippen LogP contribution < -0.4 is 5.32 Å². The highest BCUT2D eigenvalue weighted by Gasteiger charge is 2.31. The molecular formula is C48H31F8N5O4. The fourth-order valence-electron chi connectivity index (χ4n) is 7.91. The third kappa shape index (κ3) is 7.23. The molecule has 3 aromatic heterocycles. The number of fused-ring (bicyclic) bond motifs is 8. The third-order valence-electron chi connectivity index (χ3n) is 11.0. The van der Waals surface area contributed by atoms with Crippen LogP contribution >= 0.6 is 0 Å². The van der Waals surface area contributed by atoms with Gasteiger partial charge in [-0.2, -0.15) is 0 Å². The molecule has 0 amide bonds. The van der Waals surface area contributed by atoms with E-state index in [9.17, 15) is 20.4 Å². The predicted octanol–water partition coefficient (Wildman–Crippen LogP) is 10.9. The van der Waals surface area contributed by atoms with Crippen LogP contribution in [0.3, 0.4) is 0 Å². The van der Waals surface area contributed by atoms with Gasteiger partial charge in [-0.15, -0.1) is 0 Å². The molecule has 1 atom stereocenters. The van der Waals surface area contributed by atoms with Gasteiger partial charge in [0.05, 0.1) is 46.6 Å². The van der Waals surface area contributed by atoms with E-state index in [4.69, 9.17) is 9.97 Å². The molecule has 0 unspecified atom stereocenters. The Morgan fingerprint density at radius 2 is 0.877 bits per heavy atom. The summed E-state index contributed by atoms with van der Waals surface area (Å²) in [6.07, 6.45) is 3.91. The van der Waals surface area contributed by atoms with Crippen LogP contribution in [0.2, 0.25) is 0 Å². The van der Waals surface area contributed by atoms with Gasteiger partial charge in [0.25, 0.3) is 0 Å². The van der Waals surface area contributed by atoms with Crippen molar-refractivity contribution < 1.29 is 55.5 Å². The van der Waals surface area contributed by atoms with E-state index in [2.05, 4.69) is 15.3 Å². The van der Waals surface area contributed by atoms with Crippen molar-refractivity contribution in [2.24, 2.45) is 0 Å². The normalized spacial score (nSPS) is 12.6. The number of rotatable bonds is 8. The molecule has 9 nitrogen and oxygen atoms in total. The minimum atomic E-state index is -1.86. The summed E-state index contributed by atoms with van der Waals surface area (Å²) in [6.45, 7) is -0.615. The lowest BCUT2D eigenvalue weighted by molar-refractivity contribution is 0.105. The van der Waals surface area contributed by atoms with Gasteiger partial charge in [-0.25, -0.2) is 45.1 Å². The fourth-order valence-corrected chi connectivity index (χ4v) is 7.91. The minimum Gasteiger partial charge on any atom is -0.508 e. The van der Waals surface area contributed by atoms with Crippen LogP contribution in [-0.4, -0.2) is 59.6 Å². The fraction of sp³-hybridized carbons (Fsp3) is 0.0833. The van der Waals surface area contributed by atoms with Crippen LogP contribution in [0.5, 0.6) is 11.5 Å². The molecule has 9 rings (SSSR count). The number of aromatic hydroxyl groups is 2. The zero-order chi connectivity index (χ0) is 46.0. The van der Waals surface area contributed by atoms with Crippen molar-refractivity contribution in [1.82, 2.24) is 19.9 Å². The van der Waals surface area contributed by atoms with E-state index >= 15 is 35.1 Å². The Labute approximate surface area is 362 Å². The number of halogens is 8. The Morgan fingerprint density at radius 3 is 1.26 bits per heavy atom. The molecule has 2 aliphatic heterocycles. The molecule has 65 heavy (non-hydrogen) atoms. The van der Waals surface area contributed by atoms with E-state index in [0.717, 1.165) is 6.92 Å². The summed E-state index contributed by atoms with van der Waals surface area (Å²) in [4.78, 5) is 15.5. The highest BCUT2D eigenvalue weighted by atomic mass is 19.2. The number of aromatic amines is 2. The van der Waals surface area contributed by atoms with E-state index in [1.165, 1.54) is 85.0 Å². The lowest BCUT2D eigenvalue weighted by Gasteiger charge is -2.16. The number of H-pyrrole nitrogens is 2. The van der Waals surface area contributed by atoms with E-state index in [1.807, 2.05) is 0 Å². The smallest absolute Gasteiger partial charge is 0.185 e. The zero-order valence-corrected chi connectivity index (χ0v) is 33.4. The summed E-state index contributed by atoms with van der Waals surface area (Å²) in [6, 6.07) is 17.1. The minimum absolute atomic E-state index is 0.0282. The number of phenols is 2. The average Bonchev–Trinajstić information content (AvgIpc) is 4.14. The van der Waals surface area contributed by atoms with Gasteiger partial charge in [-0.3, -0.25) is 0 Å². The standard InChI is InChI=1S/C48H31F8N5O4/c1-20-40(49)42(51)38(43(52)41(20)50)36-30-12-8-26(58-30)34(21-4-2-6-23(63)16-21)28-10-14-32(60-28)37(39-44(53)46(55)48(47(56)45(39)54)57-18-25(65)19-62)33-15-11-29(61-33)35(27-9-13-31(36)59-27)22-5-3-7-24(64)17-22/h2-17,25,57-58,61-65H,18-19H2,1H3/t25-/m1/s1. The van der Waals surface area contributed by atoms with E-state index in [0.29, 0.717) is 0 Å². The molecule has 8 bridgehead atoms. The molecule has 0 spiro atoms. The van der Waals surface area contributed by atoms with Crippen molar-refractivity contribution >= 4 is 52.1 Å². The van der Waals surface area contributed by atoms with Crippen LogP contribution in [0, 0.1) is 53.5 Å². The molecule has 0 aliphatic carbocycles. The number of nitrogens with zero attached hydrogens (tertiary/aromatic N) is 2. The molecule has 7 N–H and O–H groups in total. The topological polar surface area (TPSA) is 150 Å². The third-order valence-corrected chi connectivity index (χ3v) is 11.0. The van der Waals surface area contributed by atoms with Crippen molar-refractivity contribution in [2.45, 2.75) is 13.0 Å². The number of phenolic OH excluding ortho intramolecular Hbond substituents is 2. The van der Waals surface area contributed by atoms with Crippen LogP contribution in [0.4, 0.5) is 40.8 Å². The number of hydrogen-bond donors (Lipinski definition) is 7. The maximum absolute atomic E-state index is 16.5. The SMILES string of the molecule is Cc1c(F)c(F)c(-c2c3nc(c(-c4cccc(O)c4)c4ccc([nH]4)c(-c4c(F)c(F)c(NC[C@@H](O)CO)c(F)c4F)c4nc(c(-c5cccc(O)c5)c5ccc2[nH]5)C=C4)C=C3)c(F)c1F. The number of anilines is 1. The second-order valence-corrected chi connectivity index (χ2v) is 15.1. The zero-order valence-electron chi connectivity index (χ0n) is 33.4. The Morgan fingerprint density at radius 1 is 0.508 bits per heavy atom. The molecule has 4 aromatic carbocycles. The summed E-state index contributed by atoms with van der Waals surface area (Å²) in [5.74, 6) is -14.6. The van der Waals surface area contributed by atoms with Crippen molar-refractivity contribution in [3.8, 4) is 56.0 Å². The second kappa shape index (κ2) is 16.4. The maximum atomic E-state index is 16.5. The summed E-state index contributed by atoms with van der Waals surface area (Å²) in [5.41, 5.74) is -4.84. The number of aliphatic hydroxyl groups excluding tert-OH is 2. The first-order valence-electron chi connectivity index (χ1n) is 19.6. The van der Waals surface area contributed by atoms with Crippen LogP contribution in [-0.2, 0) is 0 Å². The summed E-state index contributed by atoms with van der Waals surface area (Å²) in [5, 5.41) is 42.2. The summed E-state index contributed by atoms with van der Waals surface area (Å²) >= 11 is 0. The average molecular weight is 894 g/mol. The molecule has 7 aromatic rings. The number of nitrogens with one attached hydrogen (secondary N) is 3. The van der Waals surface area contributed by atoms with Gasteiger partial charge in [-0.1, -0.05) is 24.3 Å². The van der Waals surface area contributed by atoms with Crippen molar-refractivity contribution in [1.29, 1.82) is 0 Å². The highest BCUT2D eigenvalue weighted by Crippen LogP contribution is 2.43. The van der Waals surface area contributed by atoms with E-state index < -0.39 is 99.3 Å². The molecule has 328 valence electrons. The van der Waals surface area contributed by atoms with Gasteiger partial charge in [0.1, 0.15) is 17.2 Å². The van der Waals surface area contributed by atoms with Crippen LogP contribution in [0.25, 0.3) is 90.9 Å². The number of aromatic nitrogens is 4. The molecule has 17 heteroatoms. The second-order valence-electron chi connectivity index (χ2n) is 15.1. The number of hydrogen-bond acceptors (Lipinski definition) is 7. The molecule has 0 fully saturated rings. The first-order chi connectivity index (χ1) is 31.2. The number of aliphatic hydroxyl groups is 2. The van der Waals surface area contributed by atoms with Gasteiger partial charge in [0.2, 0.25) is 0 Å². The summed E-state index contributed by atoms with van der Waals surface area (Å²) in [7, 11) is 0. The monoisotopic (exact) mass is 893 g/mol. The lowest BCUT2D eigenvalue weighted by atomic mass is 9.99. The van der Waals surface area contributed by atoms with Crippen molar-refractivity contribution in [3.05, 3.63) is 148 Å². The van der Waals surface area contributed by atoms with Gasteiger partial charge in [-0.05, 0) is 90.9 Å². The molecule has 5 heterocycles. The quantitative estimate of drug-likeness (QED) is 0.0593. The van der Waals surface area contributed by atoms with Gasteiger partial charge in [0.15, 0.2) is 46.5 Å². The highest BCUT2D eigenvalue weighted by molar-refractivity contribution is 6.00. The molecular weight excluding hydrogens is 863 g/mol. The van der Waals surface area contributed by atoms with Crippen molar-refractivity contribution in [2.75, 3.05) is 18.5 Å². The summed E-state index contributed by atoms with van der Waals surface area (Å²) < 4.78 is 128. The molecule has 0 radical (unpaired) electrons. The van der Waals surface area contributed by atoms with Gasteiger partial charge >= 0.3 is 0 Å². The Kier molecular flexibility index (Phi) is 10.7. The lowest BCUT2D eigenvalue weighted by Crippen LogP contribution is -2.24. The van der Waals surface area contributed by atoms with Crippen LogP contribution in [0.15, 0.2) is 72.8 Å². The van der Waals surface area contributed by atoms with Crippen LogP contribution in [0.1, 0.15) is 28.3 Å². The largest absolute Gasteiger partial charge is 0.508 e. The Balaban J connectivity index is 1.48. The van der Waals surface area contributed by atoms with E-state index in [1.54, 1.807) is 12.1 Å². The van der Waals surface area contributed by atoms with Crippen molar-refractivity contribution in [3.63, 3.8) is 0 Å². The Hall–Kier alpha value is -7.76. The molecule has 0 saturated carbocycles. The first kappa shape index (κ1) is 42.5. The Bertz CT molecular complexity index is 3280. The van der Waals surface area contributed by atoms with E-state index in [-0.39, 0.29) is 78.6 Å². The predicted molar refractivity (Wildman–Crippen MR) is 230 cm³/mol. The number of benzene rings is 4. The maximum Gasteiger partial charge on any atom is 0.185 e. The van der Waals surface area contributed by atoms with Gasteiger partial charge in [0, 0.05) is 56.4 Å². The molecule has 0 saturated heterocycles.